The lowest BCUT2D eigenvalue weighted by Gasteiger charge is -2.32. The molecule has 3 rings (SSSR count). The van der Waals surface area contributed by atoms with Crippen LogP contribution in [-0.4, -0.2) is 85.1 Å². The number of rotatable bonds is 8. The Balaban J connectivity index is 1.51. The van der Waals surface area contributed by atoms with Crippen LogP contribution in [0.4, 0.5) is 16.3 Å². The van der Waals surface area contributed by atoms with Crippen molar-refractivity contribution in [2.45, 2.75) is 6.42 Å². The minimum Gasteiger partial charge on any atom is -0.495 e. The Hall–Kier alpha value is -3.46. The molecule has 0 bridgehead atoms. The van der Waals surface area contributed by atoms with E-state index in [1.54, 1.807) is 12.1 Å². The predicted molar refractivity (Wildman–Crippen MR) is 128 cm³/mol. The second-order valence-corrected chi connectivity index (χ2v) is 8.14. The van der Waals surface area contributed by atoms with E-state index in [1.165, 1.54) is 19.5 Å². The SMILES string of the molecule is COc1cc(CCNCC(=O)N2CCN(C)CC2)c(Cl)cc1NC(=O)Nc1cnc(C#N)cn1. The average Bonchev–Trinajstić information content (AvgIpc) is 2.83. The molecular weight excluding hydrogens is 460 g/mol. The topological polar surface area (TPSA) is 136 Å². The summed E-state index contributed by atoms with van der Waals surface area (Å²) in [6, 6.07) is 4.65. The Kier molecular flexibility index (Phi) is 8.98. The van der Waals surface area contributed by atoms with Gasteiger partial charge in [-0.25, -0.2) is 14.8 Å². The van der Waals surface area contributed by atoms with E-state index in [2.05, 4.69) is 37.9 Å². The lowest BCUT2D eigenvalue weighted by Crippen LogP contribution is -2.49. The Labute approximate surface area is 203 Å². The van der Waals surface area contributed by atoms with E-state index in [4.69, 9.17) is 21.6 Å². The fourth-order valence-electron chi connectivity index (χ4n) is 3.36. The molecule has 0 unspecified atom stereocenters. The quantitative estimate of drug-likeness (QED) is 0.478. The third-order valence-corrected chi connectivity index (χ3v) is 5.68. The highest BCUT2D eigenvalue weighted by molar-refractivity contribution is 6.31. The number of likely N-dealkylation sites (N-methyl/N-ethyl adjacent to an activating group) is 1. The zero-order valence-corrected chi connectivity index (χ0v) is 19.9. The maximum absolute atomic E-state index is 12.3. The lowest BCUT2D eigenvalue weighted by molar-refractivity contribution is -0.131. The number of nitriles is 1. The summed E-state index contributed by atoms with van der Waals surface area (Å²) in [5, 5.41) is 17.6. The Morgan fingerprint density at radius 1 is 1.18 bits per heavy atom. The van der Waals surface area contributed by atoms with E-state index < -0.39 is 6.03 Å². The lowest BCUT2D eigenvalue weighted by atomic mass is 10.1. The number of nitrogens with one attached hydrogen (secondary N) is 3. The standard InChI is InChI=1S/C22H27ClN8O3/c1-30-5-7-31(8-6-30)21(32)14-25-4-3-15-9-19(34-2)18(10-17(15)23)28-22(33)29-20-13-26-16(11-24)12-27-20/h9-10,12-13,25H,3-8,14H2,1-2H3,(H2,27,28,29,33). The van der Waals surface area contributed by atoms with Gasteiger partial charge in [0.2, 0.25) is 5.91 Å². The van der Waals surface area contributed by atoms with Gasteiger partial charge in [0.1, 0.15) is 11.8 Å². The van der Waals surface area contributed by atoms with Crippen LogP contribution in [0.15, 0.2) is 24.5 Å². The van der Waals surface area contributed by atoms with Crippen molar-refractivity contribution in [3.63, 3.8) is 0 Å². The molecule has 0 saturated carbocycles. The first-order chi connectivity index (χ1) is 16.4. The molecule has 2 heterocycles. The van der Waals surface area contributed by atoms with Crippen LogP contribution in [0.3, 0.4) is 0 Å². The van der Waals surface area contributed by atoms with E-state index in [1.807, 2.05) is 11.0 Å². The average molecular weight is 487 g/mol. The summed E-state index contributed by atoms with van der Waals surface area (Å²) in [5.41, 5.74) is 1.35. The summed E-state index contributed by atoms with van der Waals surface area (Å²) < 4.78 is 5.40. The minimum absolute atomic E-state index is 0.0919. The summed E-state index contributed by atoms with van der Waals surface area (Å²) in [4.78, 5) is 36.5. The van der Waals surface area contributed by atoms with Gasteiger partial charge in [0.15, 0.2) is 11.5 Å². The van der Waals surface area contributed by atoms with Gasteiger partial charge in [-0.05, 0) is 37.7 Å². The van der Waals surface area contributed by atoms with Gasteiger partial charge in [0.05, 0.1) is 31.7 Å². The molecule has 12 heteroatoms. The van der Waals surface area contributed by atoms with E-state index in [-0.39, 0.29) is 24.0 Å². The largest absolute Gasteiger partial charge is 0.495 e. The molecule has 1 aromatic carbocycles. The number of halogens is 1. The zero-order valence-electron chi connectivity index (χ0n) is 19.1. The van der Waals surface area contributed by atoms with Crippen molar-refractivity contribution < 1.29 is 14.3 Å². The number of methoxy groups -OCH3 is 1. The van der Waals surface area contributed by atoms with Gasteiger partial charge in [-0.15, -0.1) is 0 Å². The normalized spacial score (nSPS) is 13.8. The number of amides is 3. The number of anilines is 2. The number of hydrogen-bond acceptors (Lipinski definition) is 8. The van der Waals surface area contributed by atoms with Crippen LogP contribution in [0.2, 0.25) is 5.02 Å². The summed E-state index contributed by atoms with van der Waals surface area (Å²) in [5.74, 6) is 0.721. The maximum Gasteiger partial charge on any atom is 0.325 e. The molecule has 0 atom stereocenters. The smallest absolute Gasteiger partial charge is 0.325 e. The number of nitrogens with zero attached hydrogens (tertiary/aromatic N) is 5. The first kappa shape index (κ1) is 25.2. The monoisotopic (exact) mass is 486 g/mol. The van der Waals surface area contributed by atoms with Gasteiger partial charge >= 0.3 is 6.03 Å². The van der Waals surface area contributed by atoms with Crippen molar-refractivity contribution in [2.24, 2.45) is 0 Å². The summed E-state index contributed by atoms with van der Waals surface area (Å²) in [7, 11) is 3.55. The first-order valence-electron chi connectivity index (χ1n) is 10.7. The molecule has 2 aromatic rings. The van der Waals surface area contributed by atoms with Gasteiger partial charge in [-0.3, -0.25) is 10.1 Å². The van der Waals surface area contributed by atoms with E-state index >= 15 is 0 Å². The molecule has 3 amide bonds. The molecule has 11 nitrogen and oxygen atoms in total. The zero-order chi connectivity index (χ0) is 24.5. The van der Waals surface area contributed by atoms with Crippen LogP contribution in [0.5, 0.6) is 5.75 Å². The summed E-state index contributed by atoms with van der Waals surface area (Å²) in [6.07, 6.45) is 3.13. The van der Waals surface area contributed by atoms with Crippen LogP contribution in [0.1, 0.15) is 11.3 Å². The van der Waals surface area contributed by atoms with E-state index in [9.17, 15) is 9.59 Å². The minimum atomic E-state index is -0.565. The molecular formula is C22H27ClN8O3. The van der Waals surface area contributed by atoms with Crippen molar-refractivity contribution >= 4 is 35.0 Å². The summed E-state index contributed by atoms with van der Waals surface area (Å²) >= 11 is 6.42. The van der Waals surface area contributed by atoms with Crippen LogP contribution < -0.4 is 20.7 Å². The molecule has 1 aromatic heterocycles. The molecule has 1 fully saturated rings. The molecule has 0 radical (unpaired) electrons. The number of carbonyl (C=O) groups is 2. The fourth-order valence-corrected chi connectivity index (χ4v) is 3.62. The maximum atomic E-state index is 12.3. The van der Waals surface area contributed by atoms with Gasteiger partial charge < -0.3 is 25.2 Å². The number of piperazine rings is 1. The highest BCUT2D eigenvalue weighted by atomic mass is 35.5. The number of hydrogen-bond donors (Lipinski definition) is 3. The van der Waals surface area contributed by atoms with Crippen molar-refractivity contribution in [3.05, 3.63) is 40.8 Å². The van der Waals surface area contributed by atoms with Crippen molar-refractivity contribution in [2.75, 3.05) is 64.1 Å². The molecule has 3 N–H and O–H groups in total. The predicted octanol–water partition coefficient (Wildman–Crippen LogP) is 1.56. The number of benzene rings is 1. The second kappa shape index (κ2) is 12.1. The second-order valence-electron chi connectivity index (χ2n) is 7.73. The fraction of sp³-hybridized carbons (Fsp3) is 0.409. The van der Waals surface area contributed by atoms with Crippen LogP contribution >= 0.6 is 11.6 Å². The molecule has 0 spiro atoms. The Bertz CT molecular complexity index is 1050. The van der Waals surface area contributed by atoms with Crippen LogP contribution in [-0.2, 0) is 11.2 Å². The van der Waals surface area contributed by atoms with Gasteiger partial charge in [0, 0.05) is 31.2 Å². The third kappa shape index (κ3) is 7.02. The van der Waals surface area contributed by atoms with Crippen LogP contribution in [0.25, 0.3) is 0 Å². The summed E-state index contributed by atoms with van der Waals surface area (Å²) in [6.45, 7) is 4.12. The van der Waals surface area contributed by atoms with E-state index in [0.29, 0.717) is 29.4 Å². The third-order valence-electron chi connectivity index (χ3n) is 5.33. The Morgan fingerprint density at radius 3 is 2.59 bits per heavy atom. The number of urea groups is 1. The first-order valence-corrected chi connectivity index (χ1v) is 11.1. The molecule has 180 valence electrons. The molecule has 1 saturated heterocycles. The molecule has 0 aliphatic carbocycles. The molecule has 1 aliphatic heterocycles. The van der Waals surface area contributed by atoms with E-state index in [0.717, 1.165) is 31.7 Å². The molecule has 1 aliphatic rings. The van der Waals surface area contributed by atoms with Crippen molar-refractivity contribution in [1.29, 1.82) is 5.26 Å². The highest BCUT2D eigenvalue weighted by Crippen LogP contribution is 2.31. The highest BCUT2D eigenvalue weighted by Gasteiger charge is 2.18. The number of aromatic nitrogens is 2. The van der Waals surface area contributed by atoms with Crippen molar-refractivity contribution in [3.8, 4) is 11.8 Å². The van der Waals surface area contributed by atoms with Crippen LogP contribution in [0, 0.1) is 11.3 Å². The number of ether oxygens (including phenoxy) is 1. The van der Waals surface area contributed by atoms with Crippen molar-refractivity contribution in [1.82, 2.24) is 25.1 Å². The number of carbonyl (C=O) groups excluding carboxylic acids is 2. The Morgan fingerprint density at radius 2 is 1.94 bits per heavy atom. The van der Waals surface area contributed by atoms with Gasteiger partial charge in [0.25, 0.3) is 0 Å². The van der Waals surface area contributed by atoms with Gasteiger partial charge in [-0.1, -0.05) is 11.6 Å². The molecule has 34 heavy (non-hydrogen) atoms. The van der Waals surface area contributed by atoms with Gasteiger partial charge in [-0.2, -0.15) is 5.26 Å².